The predicted octanol–water partition coefficient (Wildman–Crippen LogP) is 2.84. The molecule has 6 heteroatoms. The van der Waals surface area contributed by atoms with Crippen molar-refractivity contribution >= 4 is 17.5 Å². The van der Waals surface area contributed by atoms with Crippen LogP contribution in [0.1, 0.15) is 34.6 Å². The number of piperidine rings is 1. The number of amides is 1. The quantitative estimate of drug-likeness (QED) is 0.911. The molecular weight excluding hydrogens is 338 g/mol. The third-order valence-corrected chi connectivity index (χ3v) is 5.57. The number of hydrogen-bond acceptors (Lipinski definition) is 3. The number of nitrogens with zero attached hydrogens (tertiary/aromatic N) is 3. The third-order valence-electron chi connectivity index (χ3n) is 5.12. The van der Waals surface area contributed by atoms with Gasteiger partial charge in [0.25, 0.3) is 5.91 Å². The molecule has 1 atom stereocenters. The summed E-state index contributed by atoms with van der Waals surface area (Å²) >= 11 is 6.23. The lowest BCUT2D eigenvalue weighted by molar-refractivity contribution is 0.0463. The van der Waals surface area contributed by atoms with Crippen LogP contribution in [0.4, 0.5) is 0 Å². The van der Waals surface area contributed by atoms with Gasteiger partial charge in [0, 0.05) is 20.1 Å². The number of aryl methyl sites for hydroxylation is 1. The van der Waals surface area contributed by atoms with E-state index < -0.39 is 0 Å². The summed E-state index contributed by atoms with van der Waals surface area (Å²) in [6.07, 6.45) is 1.87. The summed E-state index contributed by atoms with van der Waals surface area (Å²) in [4.78, 5) is 14.4. The maximum absolute atomic E-state index is 12.7. The molecule has 0 bridgehead atoms. The van der Waals surface area contributed by atoms with Crippen LogP contribution in [-0.4, -0.2) is 44.9 Å². The lowest BCUT2D eigenvalue weighted by Gasteiger charge is -2.34. The summed E-state index contributed by atoms with van der Waals surface area (Å²) < 4.78 is 1.63. The Morgan fingerprint density at radius 1 is 1.32 bits per heavy atom. The fourth-order valence-corrected chi connectivity index (χ4v) is 3.62. The molecule has 1 aromatic carbocycles. The Labute approximate surface area is 153 Å². The molecule has 3 rings (SSSR count). The second-order valence-corrected chi connectivity index (χ2v) is 7.14. The van der Waals surface area contributed by atoms with Crippen molar-refractivity contribution in [3.8, 4) is 0 Å². The summed E-state index contributed by atoms with van der Waals surface area (Å²) in [6.45, 7) is 3.10. The van der Waals surface area contributed by atoms with Crippen LogP contribution in [0.25, 0.3) is 0 Å². The molecular formula is C19H24ClN3O2. The SMILES string of the molecule is Cc1c(Cl)c(C(=O)N2CCC([C@@H](O)Cc3ccccc3)CC2)nn1C. The molecule has 5 nitrogen and oxygen atoms in total. The van der Waals surface area contributed by atoms with Gasteiger partial charge in [-0.15, -0.1) is 0 Å². The number of aromatic nitrogens is 2. The number of halogens is 1. The minimum Gasteiger partial charge on any atom is -0.392 e. The molecule has 1 amide bonds. The van der Waals surface area contributed by atoms with Gasteiger partial charge >= 0.3 is 0 Å². The summed E-state index contributed by atoms with van der Waals surface area (Å²) in [5, 5.41) is 15.2. The highest BCUT2D eigenvalue weighted by atomic mass is 35.5. The van der Waals surface area contributed by atoms with E-state index in [0.29, 0.717) is 30.2 Å². The smallest absolute Gasteiger partial charge is 0.275 e. The van der Waals surface area contributed by atoms with Gasteiger partial charge in [0.1, 0.15) is 0 Å². The lowest BCUT2D eigenvalue weighted by atomic mass is 9.88. The van der Waals surface area contributed by atoms with Crippen LogP contribution in [-0.2, 0) is 13.5 Å². The maximum atomic E-state index is 12.7. The fourth-order valence-electron chi connectivity index (χ4n) is 3.38. The van der Waals surface area contributed by atoms with E-state index >= 15 is 0 Å². The molecule has 2 aromatic rings. The van der Waals surface area contributed by atoms with E-state index in [1.807, 2.05) is 37.3 Å². The molecule has 1 aromatic heterocycles. The summed E-state index contributed by atoms with van der Waals surface area (Å²) in [6, 6.07) is 10.0. The van der Waals surface area contributed by atoms with Gasteiger partial charge in [-0.3, -0.25) is 9.48 Å². The number of hydrogen-bond donors (Lipinski definition) is 1. The minimum atomic E-state index is -0.375. The fraction of sp³-hybridized carbons (Fsp3) is 0.474. The largest absolute Gasteiger partial charge is 0.392 e. The average molecular weight is 362 g/mol. The molecule has 0 unspecified atom stereocenters. The molecule has 1 saturated heterocycles. The van der Waals surface area contributed by atoms with Gasteiger partial charge in [-0.1, -0.05) is 41.9 Å². The van der Waals surface area contributed by atoms with Crippen LogP contribution in [0.15, 0.2) is 30.3 Å². The van der Waals surface area contributed by atoms with Crippen molar-refractivity contribution < 1.29 is 9.90 Å². The number of likely N-dealkylation sites (tertiary alicyclic amines) is 1. The predicted molar refractivity (Wildman–Crippen MR) is 97.7 cm³/mol. The number of benzene rings is 1. The second kappa shape index (κ2) is 7.58. The first-order valence-electron chi connectivity index (χ1n) is 8.67. The molecule has 2 heterocycles. The van der Waals surface area contributed by atoms with Crippen molar-refractivity contribution in [1.29, 1.82) is 0 Å². The minimum absolute atomic E-state index is 0.121. The molecule has 134 valence electrons. The monoisotopic (exact) mass is 361 g/mol. The Morgan fingerprint density at radius 2 is 1.96 bits per heavy atom. The van der Waals surface area contributed by atoms with E-state index in [1.165, 1.54) is 0 Å². The van der Waals surface area contributed by atoms with E-state index in [0.717, 1.165) is 24.1 Å². The Bertz CT molecular complexity index is 737. The average Bonchev–Trinajstić information content (AvgIpc) is 2.89. The number of rotatable bonds is 4. The van der Waals surface area contributed by atoms with Crippen molar-refractivity contribution in [3.05, 3.63) is 52.3 Å². The topological polar surface area (TPSA) is 58.4 Å². The van der Waals surface area contributed by atoms with Crippen molar-refractivity contribution in [3.63, 3.8) is 0 Å². The van der Waals surface area contributed by atoms with E-state index in [-0.39, 0.29) is 17.9 Å². The Hall–Kier alpha value is -1.85. The molecule has 0 radical (unpaired) electrons. The molecule has 25 heavy (non-hydrogen) atoms. The number of aliphatic hydroxyl groups is 1. The van der Waals surface area contributed by atoms with Crippen molar-refractivity contribution in [2.45, 2.75) is 32.3 Å². The van der Waals surface area contributed by atoms with Crippen LogP contribution in [0.3, 0.4) is 0 Å². The molecule has 0 aliphatic carbocycles. The summed E-state index contributed by atoms with van der Waals surface area (Å²) in [5.74, 6) is 0.0925. The normalized spacial score (nSPS) is 16.9. The van der Waals surface area contributed by atoms with Gasteiger partial charge in [0.15, 0.2) is 5.69 Å². The van der Waals surface area contributed by atoms with E-state index in [4.69, 9.17) is 11.6 Å². The first-order chi connectivity index (χ1) is 12.0. The van der Waals surface area contributed by atoms with Crippen LogP contribution >= 0.6 is 11.6 Å². The highest BCUT2D eigenvalue weighted by molar-refractivity contribution is 6.34. The van der Waals surface area contributed by atoms with Gasteiger partial charge in [-0.2, -0.15) is 5.10 Å². The van der Waals surface area contributed by atoms with Crippen LogP contribution < -0.4 is 0 Å². The van der Waals surface area contributed by atoms with E-state index in [1.54, 1.807) is 16.6 Å². The zero-order valence-electron chi connectivity index (χ0n) is 14.7. The number of aliphatic hydroxyl groups excluding tert-OH is 1. The van der Waals surface area contributed by atoms with E-state index in [2.05, 4.69) is 5.10 Å². The van der Waals surface area contributed by atoms with Gasteiger partial charge < -0.3 is 10.0 Å². The Kier molecular flexibility index (Phi) is 5.45. The van der Waals surface area contributed by atoms with E-state index in [9.17, 15) is 9.90 Å². The zero-order chi connectivity index (χ0) is 18.0. The first kappa shape index (κ1) is 18.0. The van der Waals surface area contributed by atoms with Gasteiger partial charge in [0.2, 0.25) is 0 Å². The molecule has 1 aliphatic rings. The Morgan fingerprint density at radius 3 is 2.52 bits per heavy atom. The molecule has 1 fully saturated rings. The molecule has 0 saturated carbocycles. The number of carbonyl (C=O) groups excluding carboxylic acids is 1. The van der Waals surface area contributed by atoms with Gasteiger partial charge in [0.05, 0.1) is 16.8 Å². The van der Waals surface area contributed by atoms with Crippen LogP contribution in [0.2, 0.25) is 5.02 Å². The van der Waals surface area contributed by atoms with Gasteiger partial charge in [-0.25, -0.2) is 0 Å². The summed E-state index contributed by atoms with van der Waals surface area (Å²) in [7, 11) is 1.78. The van der Waals surface area contributed by atoms with Crippen LogP contribution in [0, 0.1) is 12.8 Å². The van der Waals surface area contributed by atoms with Crippen molar-refractivity contribution in [1.82, 2.24) is 14.7 Å². The highest BCUT2D eigenvalue weighted by Gasteiger charge is 2.30. The third kappa shape index (κ3) is 3.88. The maximum Gasteiger partial charge on any atom is 0.275 e. The Balaban J connectivity index is 1.58. The molecule has 1 aliphatic heterocycles. The number of carbonyl (C=O) groups is 1. The zero-order valence-corrected chi connectivity index (χ0v) is 15.4. The molecule has 0 spiro atoms. The molecule has 1 N–H and O–H groups in total. The summed E-state index contributed by atoms with van der Waals surface area (Å²) in [5.41, 5.74) is 2.26. The van der Waals surface area contributed by atoms with Crippen molar-refractivity contribution in [2.75, 3.05) is 13.1 Å². The first-order valence-corrected chi connectivity index (χ1v) is 9.05. The van der Waals surface area contributed by atoms with Gasteiger partial charge in [-0.05, 0) is 37.7 Å². The highest BCUT2D eigenvalue weighted by Crippen LogP contribution is 2.26. The van der Waals surface area contributed by atoms with Crippen molar-refractivity contribution in [2.24, 2.45) is 13.0 Å². The second-order valence-electron chi connectivity index (χ2n) is 6.76. The lowest BCUT2D eigenvalue weighted by Crippen LogP contribution is -2.42. The standard InChI is InChI=1S/C19H24ClN3O2/c1-13-17(20)18(21-22(13)2)19(25)23-10-8-15(9-11-23)16(24)12-14-6-4-3-5-7-14/h3-7,15-16,24H,8-12H2,1-2H3/t16-/m0/s1. The van der Waals surface area contributed by atoms with Crippen LogP contribution in [0.5, 0.6) is 0 Å².